The van der Waals surface area contributed by atoms with E-state index in [1.807, 2.05) is 13.8 Å². The van der Waals surface area contributed by atoms with Crippen LogP contribution in [-0.4, -0.2) is 13.1 Å². The van der Waals surface area contributed by atoms with E-state index in [-0.39, 0.29) is 1.43 Å². The lowest BCUT2D eigenvalue weighted by Gasteiger charge is -2.20. The minimum atomic E-state index is 0. The van der Waals surface area contributed by atoms with E-state index < -0.39 is 0 Å². The van der Waals surface area contributed by atoms with E-state index in [4.69, 9.17) is 0 Å². The predicted octanol–water partition coefficient (Wildman–Crippen LogP) is 2.81. The van der Waals surface area contributed by atoms with Crippen LogP contribution >= 0.6 is 0 Å². The maximum Gasteiger partial charge on any atom is 0.00640 e. The molecule has 0 heterocycles. The van der Waals surface area contributed by atoms with Crippen LogP contribution in [0.2, 0.25) is 0 Å². The molecule has 0 radical (unpaired) electrons. The average molecular weight is 145 g/mol. The van der Waals surface area contributed by atoms with E-state index in [0.717, 1.165) is 6.04 Å². The largest absolute Gasteiger partial charge is 0.317 e. The van der Waals surface area contributed by atoms with Crippen LogP contribution in [0.5, 0.6) is 0 Å². The third-order valence-electron chi connectivity index (χ3n) is 2.01. The zero-order valence-electron chi connectivity index (χ0n) is 7.61. The average Bonchev–Trinajstić information content (AvgIpc) is 2.10. The molecular formula is C9H23N. The quantitative estimate of drug-likeness (QED) is 0.598. The Bertz CT molecular complexity index is 60.6. The highest BCUT2D eigenvalue weighted by atomic mass is 14.9. The molecule has 0 amide bonds. The van der Waals surface area contributed by atoms with E-state index in [9.17, 15) is 0 Å². The summed E-state index contributed by atoms with van der Waals surface area (Å²) in [5, 5.41) is 3.30. The van der Waals surface area contributed by atoms with Crippen molar-refractivity contribution in [1.82, 2.24) is 5.32 Å². The van der Waals surface area contributed by atoms with Crippen LogP contribution in [0.3, 0.4) is 0 Å². The van der Waals surface area contributed by atoms with Crippen LogP contribution in [0.4, 0.5) is 0 Å². The SMILES string of the molecule is CC.CNC1CCCCC1.[HH]. The van der Waals surface area contributed by atoms with Crippen LogP contribution in [0, 0.1) is 0 Å². The van der Waals surface area contributed by atoms with Crippen LogP contribution in [-0.2, 0) is 0 Å². The molecule has 1 fully saturated rings. The van der Waals surface area contributed by atoms with Gasteiger partial charge in [-0.3, -0.25) is 0 Å². The number of hydrogen-bond donors (Lipinski definition) is 1. The molecule has 1 N–H and O–H groups in total. The third-order valence-corrected chi connectivity index (χ3v) is 2.01. The molecule has 0 aromatic rings. The van der Waals surface area contributed by atoms with E-state index in [1.54, 1.807) is 0 Å². The molecule has 0 bridgehead atoms. The molecule has 1 rings (SSSR count). The molecule has 0 aliphatic heterocycles. The Kier molecular flexibility index (Phi) is 7.04. The van der Waals surface area contributed by atoms with Crippen LogP contribution in [0.25, 0.3) is 0 Å². The van der Waals surface area contributed by atoms with Crippen molar-refractivity contribution >= 4 is 0 Å². The van der Waals surface area contributed by atoms with Gasteiger partial charge in [0.05, 0.1) is 0 Å². The first-order chi connectivity index (χ1) is 4.93. The molecule has 0 saturated heterocycles. The lowest BCUT2D eigenvalue weighted by Crippen LogP contribution is -2.26. The Balaban J connectivity index is 0. The Morgan fingerprint density at radius 2 is 1.60 bits per heavy atom. The summed E-state index contributed by atoms with van der Waals surface area (Å²) in [7, 11) is 2.07. The molecule has 64 valence electrons. The second-order valence-corrected chi connectivity index (χ2v) is 2.62. The summed E-state index contributed by atoms with van der Waals surface area (Å²) in [5.41, 5.74) is 0. The fraction of sp³-hybridized carbons (Fsp3) is 1.00. The molecule has 1 aliphatic rings. The van der Waals surface area contributed by atoms with Gasteiger partial charge in [-0.2, -0.15) is 0 Å². The molecule has 1 heteroatoms. The molecule has 0 aromatic heterocycles. The standard InChI is InChI=1S/C7H15N.C2H6.H2/c1-8-7-5-3-2-4-6-7;1-2;/h7-8H,2-6H2,1H3;1-2H3;1H. The molecule has 1 aliphatic carbocycles. The zero-order chi connectivity index (χ0) is 7.82. The van der Waals surface area contributed by atoms with Crippen molar-refractivity contribution in [3.8, 4) is 0 Å². The van der Waals surface area contributed by atoms with Crippen molar-refractivity contribution in [2.24, 2.45) is 0 Å². The highest BCUT2D eigenvalue weighted by Gasteiger charge is 2.09. The van der Waals surface area contributed by atoms with Gasteiger partial charge in [0.25, 0.3) is 0 Å². The molecule has 0 atom stereocenters. The third kappa shape index (κ3) is 3.89. The second-order valence-electron chi connectivity index (χ2n) is 2.62. The van der Waals surface area contributed by atoms with Gasteiger partial charge < -0.3 is 5.32 Å². The van der Waals surface area contributed by atoms with E-state index in [0.29, 0.717) is 0 Å². The Morgan fingerprint density at radius 3 is 1.90 bits per heavy atom. The fourth-order valence-corrected chi connectivity index (χ4v) is 1.39. The van der Waals surface area contributed by atoms with Gasteiger partial charge in [0.1, 0.15) is 0 Å². The summed E-state index contributed by atoms with van der Waals surface area (Å²) in [4.78, 5) is 0. The highest BCUT2D eigenvalue weighted by molar-refractivity contribution is 4.68. The molecule has 1 nitrogen and oxygen atoms in total. The minimum absolute atomic E-state index is 0. The van der Waals surface area contributed by atoms with E-state index in [1.165, 1.54) is 32.1 Å². The topological polar surface area (TPSA) is 12.0 Å². The maximum absolute atomic E-state index is 3.30. The van der Waals surface area contributed by atoms with Gasteiger partial charge in [0.2, 0.25) is 0 Å². The molecule has 0 spiro atoms. The monoisotopic (exact) mass is 145 g/mol. The van der Waals surface area contributed by atoms with Crippen molar-refractivity contribution in [2.45, 2.75) is 52.0 Å². The first kappa shape index (κ1) is 9.96. The molecule has 1 saturated carbocycles. The van der Waals surface area contributed by atoms with Gasteiger partial charge >= 0.3 is 0 Å². The summed E-state index contributed by atoms with van der Waals surface area (Å²) < 4.78 is 0. The van der Waals surface area contributed by atoms with Gasteiger partial charge in [-0.15, -0.1) is 0 Å². The van der Waals surface area contributed by atoms with Gasteiger partial charge in [-0.05, 0) is 19.9 Å². The number of nitrogens with one attached hydrogen (secondary N) is 1. The summed E-state index contributed by atoms with van der Waals surface area (Å²) in [6, 6.07) is 0.837. The van der Waals surface area contributed by atoms with E-state index in [2.05, 4.69) is 12.4 Å². The van der Waals surface area contributed by atoms with Crippen LogP contribution < -0.4 is 5.32 Å². The van der Waals surface area contributed by atoms with E-state index >= 15 is 0 Å². The van der Waals surface area contributed by atoms with Crippen molar-refractivity contribution in [2.75, 3.05) is 7.05 Å². The predicted molar refractivity (Wildman–Crippen MR) is 49.4 cm³/mol. The van der Waals surface area contributed by atoms with Crippen molar-refractivity contribution in [3.63, 3.8) is 0 Å². The Morgan fingerprint density at radius 1 is 1.10 bits per heavy atom. The second kappa shape index (κ2) is 7.07. The fourth-order valence-electron chi connectivity index (χ4n) is 1.39. The number of rotatable bonds is 1. The molecule has 0 aromatic carbocycles. The van der Waals surface area contributed by atoms with Gasteiger partial charge in [-0.1, -0.05) is 33.1 Å². The lowest BCUT2D eigenvalue weighted by atomic mass is 9.96. The Hall–Kier alpha value is -0.0400. The van der Waals surface area contributed by atoms with Crippen molar-refractivity contribution in [3.05, 3.63) is 0 Å². The Labute approximate surface area is 66.7 Å². The summed E-state index contributed by atoms with van der Waals surface area (Å²) in [6.07, 6.45) is 7.13. The van der Waals surface area contributed by atoms with Gasteiger partial charge in [-0.25, -0.2) is 0 Å². The van der Waals surface area contributed by atoms with Gasteiger partial charge in [0.15, 0.2) is 0 Å². The first-order valence-corrected chi connectivity index (χ1v) is 4.61. The summed E-state index contributed by atoms with van der Waals surface area (Å²) >= 11 is 0. The van der Waals surface area contributed by atoms with Crippen molar-refractivity contribution < 1.29 is 1.43 Å². The first-order valence-electron chi connectivity index (χ1n) is 4.61. The molecular weight excluding hydrogens is 122 g/mol. The minimum Gasteiger partial charge on any atom is -0.317 e. The number of hydrogen-bond acceptors (Lipinski definition) is 1. The molecule has 0 unspecified atom stereocenters. The smallest absolute Gasteiger partial charge is 0.00640 e. The van der Waals surface area contributed by atoms with Crippen LogP contribution in [0.1, 0.15) is 47.4 Å². The van der Waals surface area contributed by atoms with Gasteiger partial charge in [0, 0.05) is 7.47 Å². The molecule has 10 heavy (non-hydrogen) atoms. The van der Waals surface area contributed by atoms with Crippen molar-refractivity contribution in [1.29, 1.82) is 0 Å². The summed E-state index contributed by atoms with van der Waals surface area (Å²) in [6.45, 7) is 4.00. The highest BCUT2D eigenvalue weighted by Crippen LogP contribution is 2.16. The maximum atomic E-state index is 3.30. The normalized spacial score (nSPS) is 19.5. The zero-order valence-corrected chi connectivity index (χ0v) is 7.61. The lowest BCUT2D eigenvalue weighted by molar-refractivity contribution is 0.394. The van der Waals surface area contributed by atoms with Crippen LogP contribution in [0.15, 0.2) is 0 Å². The summed E-state index contributed by atoms with van der Waals surface area (Å²) in [5.74, 6) is 0.